The van der Waals surface area contributed by atoms with Gasteiger partial charge in [0, 0.05) is 0 Å². The molecule has 0 aromatic heterocycles. The normalized spacial score (nSPS) is 13.6. The van der Waals surface area contributed by atoms with Gasteiger partial charge in [0.2, 0.25) is 0 Å². The highest BCUT2D eigenvalue weighted by Crippen LogP contribution is 2.36. The highest BCUT2D eigenvalue weighted by atomic mass is 16.3. The van der Waals surface area contributed by atoms with Crippen LogP contribution in [0.15, 0.2) is 24.3 Å². The number of fused-ring (bicyclic) bond motifs is 3. The molecule has 0 radical (unpaired) electrons. The Kier molecular flexibility index (Phi) is 1.98. The van der Waals surface area contributed by atoms with E-state index in [4.69, 9.17) is 0 Å². The Hall–Kier alpha value is -2.69. The molecule has 2 amide bonds. The molecule has 88 valence electrons. The van der Waals surface area contributed by atoms with E-state index < -0.39 is 17.6 Å². The number of carbonyl (C=O) groups excluding carboxylic acids is 3. The Labute approximate surface area is 101 Å². The molecule has 0 bridgehead atoms. The number of phenolic OH excluding ortho intramolecular Hbond substituents is 1. The van der Waals surface area contributed by atoms with Crippen molar-refractivity contribution < 1.29 is 19.5 Å². The minimum Gasteiger partial charge on any atom is -0.506 e. The number of aromatic hydroxyl groups is 1. The summed E-state index contributed by atoms with van der Waals surface area (Å²) in [4.78, 5) is 34.4. The Bertz CT molecular complexity index is 733. The maximum atomic E-state index is 11.7. The number of hydrogen-bond acceptors (Lipinski definition) is 4. The van der Waals surface area contributed by atoms with E-state index in [1.165, 1.54) is 0 Å². The van der Waals surface area contributed by atoms with Crippen LogP contribution in [0.4, 0.5) is 0 Å². The molecular formula is C13H7NO4. The zero-order valence-electron chi connectivity index (χ0n) is 9.06. The molecule has 0 aliphatic carbocycles. The SMILES string of the molecule is O=Cc1c(O)c2c(c3ccccc13)C(=O)NC2=O. The third kappa shape index (κ3) is 1.13. The van der Waals surface area contributed by atoms with Gasteiger partial charge in [-0.15, -0.1) is 0 Å². The third-order valence-corrected chi connectivity index (χ3v) is 3.03. The number of aldehydes is 1. The van der Waals surface area contributed by atoms with Gasteiger partial charge in [0.1, 0.15) is 5.75 Å². The van der Waals surface area contributed by atoms with Gasteiger partial charge in [-0.2, -0.15) is 0 Å². The van der Waals surface area contributed by atoms with Crippen LogP contribution in [-0.4, -0.2) is 23.2 Å². The first kappa shape index (κ1) is 10.5. The quantitative estimate of drug-likeness (QED) is 0.581. The second-order valence-electron chi connectivity index (χ2n) is 3.96. The summed E-state index contributed by atoms with van der Waals surface area (Å²) in [6, 6.07) is 6.65. The first-order chi connectivity index (χ1) is 8.65. The summed E-state index contributed by atoms with van der Waals surface area (Å²) in [6.45, 7) is 0. The van der Waals surface area contributed by atoms with Gasteiger partial charge in [0.25, 0.3) is 11.8 Å². The van der Waals surface area contributed by atoms with Crippen LogP contribution >= 0.6 is 0 Å². The number of phenols is 1. The van der Waals surface area contributed by atoms with Gasteiger partial charge in [-0.3, -0.25) is 19.7 Å². The first-order valence-corrected chi connectivity index (χ1v) is 5.23. The van der Waals surface area contributed by atoms with Crippen LogP contribution in [0.2, 0.25) is 0 Å². The van der Waals surface area contributed by atoms with E-state index >= 15 is 0 Å². The zero-order valence-corrected chi connectivity index (χ0v) is 9.06. The summed E-state index contributed by atoms with van der Waals surface area (Å²) in [6.07, 6.45) is 0.480. The van der Waals surface area contributed by atoms with Crippen molar-refractivity contribution >= 4 is 28.9 Å². The molecule has 2 aromatic carbocycles. The molecule has 2 N–H and O–H groups in total. The summed E-state index contributed by atoms with van der Waals surface area (Å²) < 4.78 is 0. The monoisotopic (exact) mass is 241 g/mol. The highest BCUT2D eigenvalue weighted by Gasteiger charge is 2.33. The van der Waals surface area contributed by atoms with Crippen molar-refractivity contribution in [3.05, 3.63) is 41.0 Å². The lowest BCUT2D eigenvalue weighted by atomic mass is 9.95. The Morgan fingerprint density at radius 2 is 1.61 bits per heavy atom. The zero-order chi connectivity index (χ0) is 12.9. The first-order valence-electron chi connectivity index (χ1n) is 5.23. The van der Waals surface area contributed by atoms with Crippen molar-refractivity contribution in [1.29, 1.82) is 0 Å². The molecule has 1 aliphatic heterocycles. The molecule has 0 saturated carbocycles. The van der Waals surface area contributed by atoms with Crippen molar-refractivity contribution in [3.8, 4) is 5.75 Å². The molecule has 0 atom stereocenters. The maximum Gasteiger partial charge on any atom is 0.262 e. The number of benzene rings is 2. The number of hydrogen-bond donors (Lipinski definition) is 2. The van der Waals surface area contributed by atoms with Crippen molar-refractivity contribution in [2.24, 2.45) is 0 Å². The van der Waals surface area contributed by atoms with Gasteiger partial charge in [0.05, 0.1) is 16.7 Å². The smallest absolute Gasteiger partial charge is 0.262 e. The molecule has 0 saturated heterocycles. The molecule has 1 heterocycles. The van der Waals surface area contributed by atoms with Gasteiger partial charge >= 0.3 is 0 Å². The number of carbonyl (C=O) groups is 3. The average Bonchev–Trinajstić information content (AvgIpc) is 2.66. The van der Waals surface area contributed by atoms with Crippen molar-refractivity contribution in [2.45, 2.75) is 0 Å². The fraction of sp³-hybridized carbons (Fsp3) is 0. The molecule has 18 heavy (non-hydrogen) atoms. The largest absolute Gasteiger partial charge is 0.506 e. The lowest BCUT2D eigenvalue weighted by Crippen LogP contribution is -2.20. The minimum absolute atomic E-state index is 0.0224. The molecule has 5 nitrogen and oxygen atoms in total. The molecule has 2 aromatic rings. The van der Waals surface area contributed by atoms with E-state index in [1.807, 2.05) is 0 Å². The second-order valence-corrected chi connectivity index (χ2v) is 3.96. The predicted molar refractivity (Wildman–Crippen MR) is 62.8 cm³/mol. The topological polar surface area (TPSA) is 83.5 Å². The molecule has 0 unspecified atom stereocenters. The number of amides is 2. The lowest BCUT2D eigenvalue weighted by molar-refractivity contribution is 0.0879. The molecule has 0 spiro atoms. The van der Waals surface area contributed by atoms with Crippen molar-refractivity contribution in [1.82, 2.24) is 5.32 Å². The summed E-state index contributed by atoms with van der Waals surface area (Å²) in [5.74, 6) is -1.68. The predicted octanol–water partition coefficient (Wildman–Crippen LogP) is 1.24. The Morgan fingerprint density at radius 3 is 2.28 bits per heavy atom. The van der Waals surface area contributed by atoms with Crippen LogP contribution in [-0.2, 0) is 0 Å². The van der Waals surface area contributed by atoms with Crippen molar-refractivity contribution in [2.75, 3.05) is 0 Å². The number of nitrogens with one attached hydrogen (secondary N) is 1. The lowest BCUT2D eigenvalue weighted by Gasteiger charge is -2.08. The van der Waals surface area contributed by atoms with Gasteiger partial charge < -0.3 is 5.11 Å². The van der Waals surface area contributed by atoms with Crippen LogP contribution in [0, 0.1) is 0 Å². The molecule has 5 heteroatoms. The molecular weight excluding hydrogens is 234 g/mol. The van der Waals surface area contributed by atoms with Crippen LogP contribution in [0.5, 0.6) is 5.75 Å². The molecule has 1 aliphatic rings. The summed E-state index contributed by atoms with van der Waals surface area (Å²) in [5.41, 5.74) is 0.0219. The maximum absolute atomic E-state index is 11.7. The van der Waals surface area contributed by atoms with E-state index in [2.05, 4.69) is 5.32 Å². The van der Waals surface area contributed by atoms with Crippen LogP contribution in [0.1, 0.15) is 31.1 Å². The Morgan fingerprint density at radius 1 is 1.00 bits per heavy atom. The Balaban J connectivity index is 2.61. The molecule has 0 fully saturated rings. The van der Waals surface area contributed by atoms with E-state index in [0.717, 1.165) is 0 Å². The van der Waals surface area contributed by atoms with E-state index in [-0.39, 0.29) is 16.7 Å². The van der Waals surface area contributed by atoms with Gasteiger partial charge in [-0.25, -0.2) is 0 Å². The van der Waals surface area contributed by atoms with Gasteiger partial charge in [-0.05, 0) is 10.8 Å². The van der Waals surface area contributed by atoms with Crippen LogP contribution in [0.3, 0.4) is 0 Å². The summed E-state index contributed by atoms with van der Waals surface area (Å²) in [5, 5.41) is 13.0. The van der Waals surface area contributed by atoms with Crippen LogP contribution in [0.25, 0.3) is 10.8 Å². The summed E-state index contributed by atoms with van der Waals surface area (Å²) >= 11 is 0. The third-order valence-electron chi connectivity index (χ3n) is 3.03. The number of rotatable bonds is 1. The van der Waals surface area contributed by atoms with E-state index in [9.17, 15) is 19.5 Å². The van der Waals surface area contributed by atoms with Crippen LogP contribution < -0.4 is 5.32 Å². The number of imide groups is 1. The second kappa shape index (κ2) is 3.40. The summed E-state index contributed by atoms with van der Waals surface area (Å²) in [7, 11) is 0. The standard InChI is InChI=1S/C13H7NO4/c15-5-8-6-3-1-2-4-7(6)9-10(11(8)16)13(18)14-12(9)17/h1-5,16H,(H,14,17,18). The fourth-order valence-corrected chi connectivity index (χ4v) is 2.26. The highest BCUT2D eigenvalue weighted by molar-refractivity contribution is 6.29. The molecule has 3 rings (SSSR count). The van der Waals surface area contributed by atoms with E-state index in [1.54, 1.807) is 24.3 Å². The van der Waals surface area contributed by atoms with E-state index in [0.29, 0.717) is 17.1 Å². The van der Waals surface area contributed by atoms with Crippen molar-refractivity contribution in [3.63, 3.8) is 0 Å². The fourth-order valence-electron chi connectivity index (χ4n) is 2.26. The van der Waals surface area contributed by atoms with Gasteiger partial charge in [-0.1, -0.05) is 24.3 Å². The minimum atomic E-state index is -0.679. The average molecular weight is 241 g/mol. The van der Waals surface area contributed by atoms with Gasteiger partial charge in [0.15, 0.2) is 6.29 Å².